The molecule has 3 aromatic carbocycles. The molecule has 0 aliphatic heterocycles. The first-order valence-corrected chi connectivity index (χ1v) is 12.0. The minimum absolute atomic E-state index is 0.242. The van der Waals surface area contributed by atoms with Gasteiger partial charge in [-0.05, 0) is 41.3 Å². The van der Waals surface area contributed by atoms with Gasteiger partial charge in [-0.3, -0.25) is 0 Å². The van der Waals surface area contributed by atoms with E-state index in [0.29, 0.717) is 24.4 Å². The van der Waals surface area contributed by atoms with E-state index in [2.05, 4.69) is 10.1 Å². The molecule has 0 N–H and O–H groups in total. The number of aromatic nitrogens is 3. The molecule has 0 unspecified atom stereocenters. The lowest BCUT2D eigenvalue weighted by Crippen LogP contribution is -2.10. The van der Waals surface area contributed by atoms with Crippen LogP contribution in [-0.2, 0) is 11.3 Å². The predicted octanol–water partition coefficient (Wildman–Crippen LogP) is 6.46. The minimum Gasteiger partial charge on any atom is -0.489 e. The molecule has 2 heterocycles. The van der Waals surface area contributed by atoms with Crippen LogP contribution in [0.3, 0.4) is 0 Å². The Hall–Kier alpha value is -4.45. The average Bonchev–Trinajstić information content (AvgIpc) is 3.36. The standard InChI is InChI=1S/C30H27N3O3/c1-21(2)19-36-30(34)27-18-32-33-28(26(17-31-29(27)33)23-11-7-4-8-12-23)24-13-15-25(16-14-24)35-20-22-9-5-3-6-10-22/h3-18,21H,19-20H2,1-2H3. The highest BCUT2D eigenvalue weighted by molar-refractivity contribution is 5.96. The van der Waals surface area contributed by atoms with Crippen LogP contribution >= 0.6 is 0 Å². The minimum atomic E-state index is -0.422. The topological polar surface area (TPSA) is 65.7 Å². The lowest BCUT2D eigenvalue weighted by Gasteiger charge is -2.13. The molecule has 5 aromatic rings. The van der Waals surface area contributed by atoms with Gasteiger partial charge in [0.05, 0.1) is 18.5 Å². The normalized spacial score (nSPS) is 11.1. The van der Waals surface area contributed by atoms with Crippen molar-refractivity contribution in [2.45, 2.75) is 20.5 Å². The average molecular weight is 478 g/mol. The number of hydrogen-bond donors (Lipinski definition) is 0. The van der Waals surface area contributed by atoms with Gasteiger partial charge in [-0.25, -0.2) is 14.3 Å². The van der Waals surface area contributed by atoms with Crippen LogP contribution in [0.5, 0.6) is 5.75 Å². The number of carbonyl (C=O) groups is 1. The molecule has 0 aliphatic carbocycles. The number of ether oxygens (including phenoxy) is 2. The molecule has 0 saturated heterocycles. The largest absolute Gasteiger partial charge is 0.489 e. The molecule has 0 spiro atoms. The van der Waals surface area contributed by atoms with Gasteiger partial charge in [-0.2, -0.15) is 5.10 Å². The van der Waals surface area contributed by atoms with Gasteiger partial charge in [0.1, 0.15) is 17.9 Å². The number of carbonyl (C=O) groups excluding carboxylic acids is 1. The number of benzene rings is 3. The van der Waals surface area contributed by atoms with E-state index in [9.17, 15) is 4.79 Å². The number of fused-ring (bicyclic) bond motifs is 1. The second-order valence-electron chi connectivity index (χ2n) is 8.97. The number of hydrogen-bond acceptors (Lipinski definition) is 5. The molecule has 6 heteroatoms. The summed E-state index contributed by atoms with van der Waals surface area (Å²) in [4.78, 5) is 17.3. The maximum Gasteiger partial charge on any atom is 0.343 e. The predicted molar refractivity (Wildman–Crippen MR) is 140 cm³/mol. The molecule has 6 nitrogen and oxygen atoms in total. The molecule has 0 atom stereocenters. The van der Waals surface area contributed by atoms with Gasteiger partial charge in [0, 0.05) is 17.3 Å². The molecule has 180 valence electrons. The SMILES string of the molecule is CC(C)COC(=O)c1cnn2c(-c3ccc(OCc4ccccc4)cc3)c(-c3ccccc3)cnc12. The zero-order valence-corrected chi connectivity index (χ0v) is 20.3. The Labute approximate surface area is 210 Å². The highest BCUT2D eigenvalue weighted by Gasteiger charge is 2.21. The van der Waals surface area contributed by atoms with Crippen LogP contribution in [0.4, 0.5) is 0 Å². The van der Waals surface area contributed by atoms with Gasteiger partial charge in [0.25, 0.3) is 0 Å². The van der Waals surface area contributed by atoms with Crippen LogP contribution in [0.1, 0.15) is 29.8 Å². The van der Waals surface area contributed by atoms with Gasteiger partial charge in [0.15, 0.2) is 5.65 Å². The highest BCUT2D eigenvalue weighted by Crippen LogP contribution is 2.33. The maximum absolute atomic E-state index is 12.7. The smallest absolute Gasteiger partial charge is 0.343 e. The van der Waals surface area contributed by atoms with Gasteiger partial charge in [-0.1, -0.05) is 74.5 Å². The van der Waals surface area contributed by atoms with Gasteiger partial charge in [0.2, 0.25) is 0 Å². The molecule has 0 radical (unpaired) electrons. The van der Waals surface area contributed by atoms with E-state index in [1.165, 1.54) is 6.20 Å². The van der Waals surface area contributed by atoms with Crippen molar-refractivity contribution in [2.24, 2.45) is 5.92 Å². The van der Waals surface area contributed by atoms with Gasteiger partial charge in [-0.15, -0.1) is 0 Å². The third kappa shape index (κ3) is 4.98. The number of rotatable bonds is 8. The molecule has 0 fully saturated rings. The molecule has 2 aromatic heterocycles. The summed E-state index contributed by atoms with van der Waals surface area (Å²) < 4.78 is 13.1. The summed E-state index contributed by atoms with van der Waals surface area (Å²) >= 11 is 0. The highest BCUT2D eigenvalue weighted by atomic mass is 16.5. The number of esters is 1. The van der Waals surface area contributed by atoms with Gasteiger partial charge < -0.3 is 9.47 Å². The molecule has 0 bridgehead atoms. The van der Waals surface area contributed by atoms with E-state index in [0.717, 1.165) is 33.7 Å². The Morgan fingerprint density at radius 2 is 1.56 bits per heavy atom. The second-order valence-corrected chi connectivity index (χ2v) is 8.97. The van der Waals surface area contributed by atoms with Crippen molar-refractivity contribution in [3.63, 3.8) is 0 Å². The van der Waals surface area contributed by atoms with Crippen LogP contribution in [0.15, 0.2) is 97.3 Å². The fraction of sp³-hybridized carbons (Fsp3) is 0.167. The van der Waals surface area contributed by atoms with E-state index in [1.807, 2.05) is 98.8 Å². The van der Waals surface area contributed by atoms with Crippen LogP contribution in [-0.4, -0.2) is 27.2 Å². The Morgan fingerprint density at radius 3 is 2.25 bits per heavy atom. The molecule has 0 amide bonds. The Kier molecular flexibility index (Phi) is 6.76. The Morgan fingerprint density at radius 1 is 0.861 bits per heavy atom. The van der Waals surface area contributed by atoms with Crippen molar-refractivity contribution < 1.29 is 14.3 Å². The summed E-state index contributed by atoms with van der Waals surface area (Å²) in [6, 6.07) is 28.0. The quantitative estimate of drug-likeness (QED) is 0.240. The summed E-state index contributed by atoms with van der Waals surface area (Å²) in [5.41, 5.74) is 5.60. The zero-order valence-electron chi connectivity index (χ0n) is 20.3. The van der Waals surface area contributed by atoms with E-state index in [-0.39, 0.29) is 5.92 Å². The second kappa shape index (κ2) is 10.4. The summed E-state index contributed by atoms with van der Waals surface area (Å²) in [6.45, 7) is 4.84. The Balaban J connectivity index is 1.53. The van der Waals surface area contributed by atoms with Crippen LogP contribution in [0.25, 0.3) is 28.0 Å². The van der Waals surface area contributed by atoms with Crippen molar-refractivity contribution in [3.8, 4) is 28.1 Å². The molecule has 36 heavy (non-hydrogen) atoms. The third-order valence-corrected chi connectivity index (χ3v) is 5.76. The van der Waals surface area contributed by atoms with Crippen molar-refractivity contribution in [3.05, 3.63) is 108 Å². The first-order chi connectivity index (χ1) is 17.6. The van der Waals surface area contributed by atoms with Crippen LogP contribution in [0.2, 0.25) is 0 Å². The first-order valence-electron chi connectivity index (χ1n) is 12.0. The van der Waals surface area contributed by atoms with E-state index < -0.39 is 5.97 Å². The van der Waals surface area contributed by atoms with E-state index in [1.54, 1.807) is 10.7 Å². The van der Waals surface area contributed by atoms with E-state index >= 15 is 0 Å². The fourth-order valence-electron chi connectivity index (χ4n) is 3.95. The monoisotopic (exact) mass is 477 g/mol. The fourth-order valence-corrected chi connectivity index (χ4v) is 3.95. The number of nitrogens with zero attached hydrogens (tertiary/aromatic N) is 3. The first kappa shape index (κ1) is 23.3. The van der Waals surface area contributed by atoms with Crippen LogP contribution < -0.4 is 4.74 Å². The molecular weight excluding hydrogens is 450 g/mol. The van der Waals surface area contributed by atoms with E-state index in [4.69, 9.17) is 9.47 Å². The van der Waals surface area contributed by atoms with Gasteiger partial charge >= 0.3 is 5.97 Å². The summed E-state index contributed by atoms with van der Waals surface area (Å²) in [5.74, 6) is 0.591. The van der Waals surface area contributed by atoms with Crippen molar-refractivity contribution in [2.75, 3.05) is 6.61 Å². The van der Waals surface area contributed by atoms with Crippen molar-refractivity contribution >= 4 is 11.6 Å². The van der Waals surface area contributed by atoms with Crippen molar-refractivity contribution in [1.82, 2.24) is 14.6 Å². The molecule has 5 rings (SSSR count). The maximum atomic E-state index is 12.7. The summed E-state index contributed by atoms with van der Waals surface area (Å²) in [5, 5.41) is 4.55. The molecular formula is C30H27N3O3. The van der Waals surface area contributed by atoms with Crippen molar-refractivity contribution in [1.29, 1.82) is 0 Å². The summed E-state index contributed by atoms with van der Waals surface area (Å²) in [6.07, 6.45) is 3.32. The lowest BCUT2D eigenvalue weighted by molar-refractivity contribution is 0.0461. The van der Waals surface area contributed by atoms with Crippen LogP contribution in [0, 0.1) is 5.92 Å². The molecule has 0 aliphatic rings. The summed E-state index contributed by atoms with van der Waals surface area (Å²) in [7, 11) is 0. The molecule has 0 saturated carbocycles. The lowest BCUT2D eigenvalue weighted by atomic mass is 10.0. The third-order valence-electron chi connectivity index (χ3n) is 5.76. The zero-order chi connectivity index (χ0) is 24.9. The Bertz CT molecular complexity index is 1460.